The number of rotatable bonds is 6. The van der Waals surface area contributed by atoms with E-state index < -0.39 is 0 Å². The zero-order valence-corrected chi connectivity index (χ0v) is 16.5. The first-order chi connectivity index (χ1) is 13.7. The van der Waals surface area contributed by atoms with Gasteiger partial charge in [-0.2, -0.15) is 0 Å². The highest BCUT2D eigenvalue weighted by Gasteiger charge is 2.26. The van der Waals surface area contributed by atoms with Gasteiger partial charge >= 0.3 is 0 Å². The predicted molar refractivity (Wildman–Crippen MR) is 108 cm³/mol. The number of pyridine rings is 1. The lowest BCUT2D eigenvalue weighted by molar-refractivity contribution is -0.125. The van der Waals surface area contributed by atoms with Crippen LogP contribution in [-0.2, 0) is 9.53 Å². The molecule has 28 heavy (non-hydrogen) atoms. The van der Waals surface area contributed by atoms with E-state index in [4.69, 9.17) is 14.7 Å². The van der Waals surface area contributed by atoms with Gasteiger partial charge in [0.05, 0.1) is 12.3 Å². The number of thiazole rings is 1. The number of piperidine rings is 1. The molecule has 3 aromatic rings. The minimum Gasteiger partial charge on any atom is -0.383 e. The van der Waals surface area contributed by atoms with Crippen LogP contribution >= 0.6 is 11.3 Å². The number of nitrogens with zero attached hydrogens (tertiary/aromatic N) is 5. The molecule has 1 aliphatic rings. The normalized spacial score (nSPS) is 15.1. The first-order valence-corrected chi connectivity index (χ1v) is 10.1. The summed E-state index contributed by atoms with van der Waals surface area (Å²) in [5.41, 5.74) is 2.62. The van der Waals surface area contributed by atoms with Crippen molar-refractivity contribution in [3.63, 3.8) is 0 Å². The number of anilines is 1. The molecule has 0 aromatic carbocycles. The monoisotopic (exact) mass is 398 g/mol. The average molecular weight is 398 g/mol. The molecule has 8 nitrogen and oxygen atoms in total. The highest BCUT2D eigenvalue weighted by molar-refractivity contribution is 7.21. The summed E-state index contributed by atoms with van der Waals surface area (Å²) in [7, 11) is 1.63. The Kier molecular flexibility index (Phi) is 5.73. The third kappa shape index (κ3) is 4.10. The molecule has 0 saturated carbocycles. The Morgan fingerprint density at radius 2 is 2.04 bits per heavy atom. The standard InChI is InChI=1S/C19H22N6O2S/c1-27-9-6-22-17(26)13-4-7-25(8-5-13)19-24-16-3-2-15(23-18(16)28-19)14-10-20-12-21-11-14/h2-3,10-13H,4-9H2,1H3,(H,22,26). The number of carbonyl (C=O) groups is 1. The predicted octanol–water partition coefficient (Wildman–Crippen LogP) is 2.13. The third-order valence-electron chi connectivity index (χ3n) is 4.84. The molecule has 0 spiro atoms. The van der Waals surface area contributed by atoms with Gasteiger partial charge < -0.3 is 15.0 Å². The molecule has 1 N–H and O–H groups in total. The zero-order valence-electron chi connectivity index (χ0n) is 15.7. The summed E-state index contributed by atoms with van der Waals surface area (Å²) >= 11 is 1.58. The molecule has 4 heterocycles. The van der Waals surface area contributed by atoms with Crippen LogP contribution in [-0.4, -0.2) is 59.2 Å². The van der Waals surface area contributed by atoms with Gasteiger partial charge in [0.25, 0.3) is 0 Å². The quantitative estimate of drug-likeness (QED) is 0.636. The molecule has 1 amide bonds. The van der Waals surface area contributed by atoms with Crippen LogP contribution in [0.4, 0.5) is 5.13 Å². The second kappa shape index (κ2) is 8.57. The molecule has 1 fully saturated rings. The van der Waals surface area contributed by atoms with E-state index in [-0.39, 0.29) is 11.8 Å². The van der Waals surface area contributed by atoms with Crippen molar-refractivity contribution in [2.75, 3.05) is 38.3 Å². The summed E-state index contributed by atoms with van der Waals surface area (Å²) < 4.78 is 4.98. The van der Waals surface area contributed by atoms with Gasteiger partial charge in [-0.3, -0.25) is 4.79 Å². The van der Waals surface area contributed by atoms with E-state index in [0.717, 1.165) is 52.7 Å². The zero-order chi connectivity index (χ0) is 19.3. The van der Waals surface area contributed by atoms with Crippen molar-refractivity contribution >= 4 is 32.7 Å². The average Bonchev–Trinajstić information content (AvgIpc) is 3.18. The molecule has 3 aromatic heterocycles. The van der Waals surface area contributed by atoms with Crippen LogP contribution in [0.25, 0.3) is 21.6 Å². The van der Waals surface area contributed by atoms with Crippen LogP contribution in [0.5, 0.6) is 0 Å². The van der Waals surface area contributed by atoms with Crippen molar-refractivity contribution < 1.29 is 9.53 Å². The molecular weight excluding hydrogens is 376 g/mol. The summed E-state index contributed by atoms with van der Waals surface area (Å²) in [6.07, 6.45) is 6.68. The van der Waals surface area contributed by atoms with Crippen LogP contribution in [0.2, 0.25) is 0 Å². The topological polar surface area (TPSA) is 93.1 Å². The summed E-state index contributed by atoms with van der Waals surface area (Å²) in [5, 5.41) is 3.90. The second-order valence-corrected chi connectivity index (χ2v) is 7.65. The molecule has 1 saturated heterocycles. The van der Waals surface area contributed by atoms with Crippen LogP contribution in [0.3, 0.4) is 0 Å². The maximum Gasteiger partial charge on any atom is 0.223 e. The number of aromatic nitrogens is 4. The van der Waals surface area contributed by atoms with E-state index in [0.29, 0.717) is 13.2 Å². The SMILES string of the molecule is COCCNC(=O)C1CCN(c2nc3ccc(-c4cncnc4)nc3s2)CC1. The summed E-state index contributed by atoms with van der Waals surface area (Å²) in [4.78, 5) is 32.9. The molecule has 4 rings (SSSR count). The Labute approximate surface area is 167 Å². The number of ether oxygens (including phenoxy) is 1. The lowest BCUT2D eigenvalue weighted by atomic mass is 9.96. The molecule has 0 bridgehead atoms. The fraction of sp³-hybridized carbons (Fsp3) is 0.421. The van der Waals surface area contributed by atoms with Crippen molar-refractivity contribution in [1.82, 2.24) is 25.3 Å². The third-order valence-corrected chi connectivity index (χ3v) is 5.87. The van der Waals surface area contributed by atoms with Crippen molar-refractivity contribution in [3.05, 3.63) is 30.9 Å². The molecule has 0 unspecified atom stereocenters. The number of hydrogen-bond donors (Lipinski definition) is 1. The first kappa shape index (κ1) is 18.7. The lowest BCUT2D eigenvalue weighted by Gasteiger charge is -2.30. The molecule has 146 valence electrons. The van der Waals surface area contributed by atoms with Gasteiger partial charge in [0, 0.05) is 50.6 Å². The first-order valence-electron chi connectivity index (χ1n) is 9.29. The summed E-state index contributed by atoms with van der Waals surface area (Å²) in [5.74, 6) is 0.183. The van der Waals surface area contributed by atoms with Gasteiger partial charge in [-0.25, -0.2) is 19.9 Å². The van der Waals surface area contributed by atoms with Gasteiger partial charge in [-0.1, -0.05) is 11.3 Å². The highest BCUT2D eigenvalue weighted by atomic mass is 32.1. The number of amides is 1. The Bertz CT molecular complexity index is 940. The lowest BCUT2D eigenvalue weighted by Crippen LogP contribution is -2.41. The van der Waals surface area contributed by atoms with E-state index in [1.165, 1.54) is 6.33 Å². The molecule has 1 aliphatic heterocycles. The smallest absolute Gasteiger partial charge is 0.223 e. The van der Waals surface area contributed by atoms with Crippen molar-refractivity contribution in [3.8, 4) is 11.3 Å². The van der Waals surface area contributed by atoms with Gasteiger partial charge in [0.1, 0.15) is 16.7 Å². The number of hydrogen-bond acceptors (Lipinski definition) is 8. The number of carbonyl (C=O) groups excluding carboxylic acids is 1. The van der Waals surface area contributed by atoms with Crippen LogP contribution < -0.4 is 10.2 Å². The van der Waals surface area contributed by atoms with E-state index >= 15 is 0 Å². The van der Waals surface area contributed by atoms with Crippen molar-refractivity contribution in [2.24, 2.45) is 5.92 Å². The molecule has 0 aliphatic carbocycles. The maximum absolute atomic E-state index is 12.2. The highest BCUT2D eigenvalue weighted by Crippen LogP contribution is 2.32. The largest absolute Gasteiger partial charge is 0.383 e. The molecular formula is C19H22N6O2S. The minimum absolute atomic E-state index is 0.0605. The van der Waals surface area contributed by atoms with Crippen molar-refractivity contribution in [1.29, 1.82) is 0 Å². The summed E-state index contributed by atoms with van der Waals surface area (Å²) in [6, 6.07) is 3.93. The van der Waals surface area contributed by atoms with Crippen molar-refractivity contribution in [2.45, 2.75) is 12.8 Å². The van der Waals surface area contributed by atoms with E-state index in [1.54, 1.807) is 30.8 Å². The van der Waals surface area contributed by atoms with E-state index in [1.807, 2.05) is 12.1 Å². The number of nitrogens with one attached hydrogen (secondary N) is 1. The van der Waals surface area contributed by atoms with Gasteiger partial charge in [-0.15, -0.1) is 0 Å². The Morgan fingerprint density at radius 3 is 2.79 bits per heavy atom. The number of methoxy groups -OCH3 is 1. The molecule has 0 radical (unpaired) electrons. The molecule has 0 atom stereocenters. The van der Waals surface area contributed by atoms with E-state index in [9.17, 15) is 4.79 Å². The fourth-order valence-electron chi connectivity index (χ4n) is 3.29. The maximum atomic E-state index is 12.2. The Hall–Kier alpha value is -2.65. The van der Waals surface area contributed by atoms with Crippen LogP contribution in [0, 0.1) is 5.92 Å². The fourth-order valence-corrected chi connectivity index (χ4v) is 4.28. The van der Waals surface area contributed by atoms with Gasteiger partial charge in [0.15, 0.2) is 5.13 Å². The van der Waals surface area contributed by atoms with Gasteiger partial charge in [0.2, 0.25) is 5.91 Å². The number of fused-ring (bicyclic) bond motifs is 1. The van der Waals surface area contributed by atoms with Crippen LogP contribution in [0.15, 0.2) is 30.9 Å². The molecule has 9 heteroatoms. The summed E-state index contributed by atoms with van der Waals surface area (Å²) in [6.45, 7) is 2.75. The Morgan fingerprint density at radius 1 is 1.25 bits per heavy atom. The second-order valence-electron chi connectivity index (χ2n) is 6.69. The van der Waals surface area contributed by atoms with Gasteiger partial charge in [-0.05, 0) is 25.0 Å². The van der Waals surface area contributed by atoms with E-state index in [2.05, 4.69) is 20.2 Å². The Balaban J connectivity index is 1.42. The minimum atomic E-state index is 0.0605. The van der Waals surface area contributed by atoms with Crippen LogP contribution in [0.1, 0.15) is 12.8 Å².